The molecule has 1 radical (unpaired) electrons. The van der Waals surface area contributed by atoms with Crippen LogP contribution in [0, 0.1) is 6.07 Å². The fourth-order valence-corrected chi connectivity index (χ4v) is 2.41. The third-order valence-electron chi connectivity index (χ3n) is 3.35. The van der Waals surface area contributed by atoms with Crippen LogP contribution in [0.25, 0.3) is 11.1 Å². The largest absolute Gasteiger partial charge is 0.474 e. The molecule has 1 fully saturated rings. The van der Waals surface area contributed by atoms with E-state index < -0.39 is 0 Å². The second-order valence-corrected chi connectivity index (χ2v) is 4.66. The molecule has 1 saturated carbocycles. The maximum Gasteiger partial charge on any atom is 0.221 e. The summed E-state index contributed by atoms with van der Waals surface area (Å²) in [6, 6.07) is 15.2. The molecule has 2 aromatic rings. The lowest BCUT2D eigenvalue weighted by Crippen LogP contribution is -2.12. The van der Waals surface area contributed by atoms with Crippen molar-refractivity contribution in [2.45, 2.75) is 31.8 Å². The van der Waals surface area contributed by atoms with Crippen LogP contribution in [0.15, 0.2) is 42.6 Å². The highest BCUT2D eigenvalue weighted by Crippen LogP contribution is 2.30. The van der Waals surface area contributed by atoms with Crippen LogP contribution in [-0.2, 0) is 0 Å². The van der Waals surface area contributed by atoms with Crippen molar-refractivity contribution in [1.29, 1.82) is 0 Å². The molecule has 91 valence electrons. The zero-order valence-electron chi connectivity index (χ0n) is 10.3. The van der Waals surface area contributed by atoms with E-state index in [9.17, 15) is 0 Å². The Morgan fingerprint density at radius 1 is 1.11 bits per heavy atom. The first-order valence-electron chi connectivity index (χ1n) is 6.52. The molecule has 0 amide bonds. The Labute approximate surface area is 108 Å². The highest BCUT2D eigenvalue weighted by atomic mass is 16.5. The number of aromatic nitrogens is 1. The van der Waals surface area contributed by atoms with Gasteiger partial charge in [-0.1, -0.05) is 24.3 Å². The summed E-state index contributed by atoms with van der Waals surface area (Å²) >= 11 is 0. The first-order valence-corrected chi connectivity index (χ1v) is 6.52. The zero-order valence-corrected chi connectivity index (χ0v) is 10.3. The first kappa shape index (κ1) is 11.3. The quantitative estimate of drug-likeness (QED) is 0.809. The van der Waals surface area contributed by atoms with Crippen LogP contribution in [-0.4, -0.2) is 11.1 Å². The van der Waals surface area contributed by atoms with E-state index >= 15 is 0 Å². The molecule has 2 nitrogen and oxygen atoms in total. The lowest BCUT2D eigenvalue weighted by atomic mass is 10.1. The number of pyridine rings is 1. The van der Waals surface area contributed by atoms with E-state index in [1.165, 1.54) is 12.8 Å². The fourth-order valence-electron chi connectivity index (χ4n) is 2.41. The smallest absolute Gasteiger partial charge is 0.221 e. The van der Waals surface area contributed by atoms with Gasteiger partial charge in [0.25, 0.3) is 0 Å². The maximum atomic E-state index is 6.03. The second kappa shape index (κ2) is 5.21. The number of rotatable bonds is 3. The van der Waals surface area contributed by atoms with E-state index in [0.717, 1.165) is 29.8 Å². The number of hydrogen-bond acceptors (Lipinski definition) is 2. The van der Waals surface area contributed by atoms with Gasteiger partial charge < -0.3 is 4.74 Å². The van der Waals surface area contributed by atoms with Gasteiger partial charge in [0.1, 0.15) is 6.10 Å². The van der Waals surface area contributed by atoms with Gasteiger partial charge in [0, 0.05) is 11.8 Å². The molecule has 1 aliphatic carbocycles. The van der Waals surface area contributed by atoms with Gasteiger partial charge in [-0.2, -0.15) is 0 Å². The molecule has 0 aliphatic heterocycles. The Balaban J connectivity index is 1.90. The van der Waals surface area contributed by atoms with Gasteiger partial charge in [-0.25, -0.2) is 4.98 Å². The SMILES string of the molecule is [c]1ccccc1-c1cccnc1OC1CCCC1. The van der Waals surface area contributed by atoms with Gasteiger partial charge in [-0.15, -0.1) is 0 Å². The molecule has 0 bridgehead atoms. The molecule has 1 aliphatic rings. The highest BCUT2D eigenvalue weighted by Gasteiger charge is 2.18. The average Bonchev–Trinajstić information content (AvgIpc) is 2.93. The lowest BCUT2D eigenvalue weighted by Gasteiger charge is -2.15. The number of hydrogen-bond donors (Lipinski definition) is 0. The summed E-state index contributed by atoms with van der Waals surface area (Å²) in [7, 11) is 0. The Morgan fingerprint density at radius 3 is 2.78 bits per heavy atom. The summed E-state index contributed by atoms with van der Waals surface area (Å²) in [5, 5.41) is 0. The van der Waals surface area contributed by atoms with E-state index in [1.54, 1.807) is 6.20 Å². The third kappa shape index (κ3) is 2.37. The van der Waals surface area contributed by atoms with Crippen LogP contribution in [0.4, 0.5) is 0 Å². The molecule has 0 unspecified atom stereocenters. The highest BCUT2D eigenvalue weighted by molar-refractivity contribution is 5.67. The van der Waals surface area contributed by atoms with Crippen LogP contribution in [0.3, 0.4) is 0 Å². The second-order valence-electron chi connectivity index (χ2n) is 4.66. The van der Waals surface area contributed by atoms with Crippen molar-refractivity contribution >= 4 is 0 Å². The van der Waals surface area contributed by atoms with Gasteiger partial charge in [-0.05, 0) is 49.4 Å². The molecule has 2 heteroatoms. The van der Waals surface area contributed by atoms with Gasteiger partial charge in [0.15, 0.2) is 0 Å². The molecule has 1 heterocycles. The Kier molecular flexibility index (Phi) is 3.26. The molecular weight excluding hydrogens is 222 g/mol. The first-order chi connectivity index (χ1) is 8.93. The maximum absolute atomic E-state index is 6.03. The summed E-state index contributed by atoms with van der Waals surface area (Å²) < 4.78 is 6.03. The average molecular weight is 238 g/mol. The monoisotopic (exact) mass is 238 g/mol. The van der Waals surface area contributed by atoms with Crippen LogP contribution in [0.5, 0.6) is 5.88 Å². The van der Waals surface area contributed by atoms with Crippen molar-refractivity contribution in [2.75, 3.05) is 0 Å². The lowest BCUT2D eigenvalue weighted by molar-refractivity contribution is 0.202. The molecule has 1 aromatic heterocycles. The van der Waals surface area contributed by atoms with E-state index in [0.29, 0.717) is 6.10 Å². The fraction of sp³-hybridized carbons (Fsp3) is 0.312. The summed E-state index contributed by atoms with van der Waals surface area (Å²) in [4.78, 5) is 4.38. The topological polar surface area (TPSA) is 22.1 Å². The summed E-state index contributed by atoms with van der Waals surface area (Å²) in [5.74, 6) is 0.742. The van der Waals surface area contributed by atoms with Gasteiger partial charge in [0.2, 0.25) is 5.88 Å². The summed E-state index contributed by atoms with van der Waals surface area (Å²) in [6.07, 6.45) is 6.95. The van der Waals surface area contributed by atoms with Crippen LogP contribution in [0.1, 0.15) is 25.7 Å². The molecular formula is C16H16NO. The third-order valence-corrected chi connectivity index (χ3v) is 3.35. The van der Waals surface area contributed by atoms with Crippen molar-refractivity contribution in [3.63, 3.8) is 0 Å². The van der Waals surface area contributed by atoms with E-state index in [2.05, 4.69) is 11.1 Å². The van der Waals surface area contributed by atoms with Gasteiger partial charge in [0.05, 0.1) is 0 Å². The van der Waals surface area contributed by atoms with Crippen molar-refractivity contribution in [3.05, 3.63) is 48.7 Å². The van der Waals surface area contributed by atoms with Crippen molar-refractivity contribution in [1.82, 2.24) is 4.98 Å². The molecule has 1 aromatic carbocycles. The normalized spacial score (nSPS) is 15.8. The predicted octanol–water partition coefficient (Wildman–Crippen LogP) is 3.87. The van der Waals surface area contributed by atoms with Crippen LogP contribution in [0.2, 0.25) is 0 Å². The Morgan fingerprint density at radius 2 is 2.00 bits per heavy atom. The number of ether oxygens (including phenoxy) is 1. The summed E-state index contributed by atoms with van der Waals surface area (Å²) in [6.45, 7) is 0. The minimum atomic E-state index is 0.336. The molecule has 0 atom stereocenters. The van der Waals surface area contributed by atoms with Crippen LogP contribution >= 0.6 is 0 Å². The van der Waals surface area contributed by atoms with Gasteiger partial charge in [-0.3, -0.25) is 0 Å². The van der Waals surface area contributed by atoms with Crippen molar-refractivity contribution < 1.29 is 4.74 Å². The standard InChI is InChI=1S/C16H16NO/c1-2-7-13(8-3-1)15-11-6-12-17-16(15)18-14-9-4-5-10-14/h1-3,6-7,11-12,14H,4-5,9-10H2. The minimum Gasteiger partial charge on any atom is -0.474 e. The summed E-state index contributed by atoms with van der Waals surface area (Å²) in [5.41, 5.74) is 2.07. The molecule has 3 rings (SSSR count). The number of nitrogens with zero attached hydrogens (tertiary/aromatic N) is 1. The molecule has 0 N–H and O–H groups in total. The van der Waals surface area contributed by atoms with Gasteiger partial charge >= 0.3 is 0 Å². The number of benzene rings is 1. The van der Waals surface area contributed by atoms with E-state index in [-0.39, 0.29) is 0 Å². The zero-order chi connectivity index (χ0) is 12.2. The van der Waals surface area contributed by atoms with E-state index in [1.807, 2.05) is 36.4 Å². The predicted molar refractivity (Wildman–Crippen MR) is 71.4 cm³/mol. The van der Waals surface area contributed by atoms with Crippen LogP contribution < -0.4 is 4.74 Å². The molecule has 18 heavy (non-hydrogen) atoms. The Bertz CT molecular complexity index is 504. The van der Waals surface area contributed by atoms with E-state index in [4.69, 9.17) is 4.74 Å². The Hall–Kier alpha value is -1.83. The van der Waals surface area contributed by atoms with Crippen molar-refractivity contribution in [2.24, 2.45) is 0 Å². The molecule has 0 saturated heterocycles. The van der Waals surface area contributed by atoms with Crippen molar-refractivity contribution in [3.8, 4) is 17.0 Å². The minimum absolute atomic E-state index is 0.336. The molecule has 0 spiro atoms.